The summed E-state index contributed by atoms with van der Waals surface area (Å²) in [6.07, 6.45) is 0.430. The summed E-state index contributed by atoms with van der Waals surface area (Å²) < 4.78 is 24.7. The second-order valence-corrected chi connectivity index (χ2v) is 6.73. The number of carbonyl (C=O) groups excluding carboxylic acids is 1. The van der Waals surface area contributed by atoms with Gasteiger partial charge in [0.15, 0.2) is 11.6 Å². The highest BCUT2D eigenvalue weighted by molar-refractivity contribution is 5.91. The van der Waals surface area contributed by atoms with Crippen molar-refractivity contribution >= 4 is 17.1 Å². The van der Waals surface area contributed by atoms with E-state index in [2.05, 4.69) is 4.98 Å². The van der Waals surface area contributed by atoms with Crippen LogP contribution < -0.4 is 4.74 Å². The number of aromatic nitrogens is 1. The van der Waals surface area contributed by atoms with Crippen LogP contribution in [0.2, 0.25) is 0 Å². The van der Waals surface area contributed by atoms with Gasteiger partial charge in [0.05, 0.1) is 13.7 Å². The predicted molar refractivity (Wildman–Crippen MR) is 116 cm³/mol. The van der Waals surface area contributed by atoms with E-state index in [0.29, 0.717) is 18.7 Å². The van der Waals surface area contributed by atoms with E-state index < -0.39 is 11.8 Å². The van der Waals surface area contributed by atoms with Crippen LogP contribution in [0, 0.1) is 5.82 Å². The van der Waals surface area contributed by atoms with Gasteiger partial charge < -0.3 is 9.47 Å². The SMILES string of the molecule is CCOc1ccc(/C(Cc2cccc(C(=O)OC)n2)=C(\C)c2ccccc2)cc1F. The molecular formula is C25H24FNO3. The van der Waals surface area contributed by atoms with Crippen molar-refractivity contribution in [1.29, 1.82) is 0 Å². The first kappa shape index (κ1) is 21.2. The first-order chi connectivity index (χ1) is 14.5. The van der Waals surface area contributed by atoms with E-state index in [1.165, 1.54) is 13.2 Å². The number of carbonyl (C=O) groups is 1. The molecule has 4 nitrogen and oxygen atoms in total. The first-order valence-corrected chi connectivity index (χ1v) is 9.75. The highest BCUT2D eigenvalue weighted by Gasteiger charge is 2.15. The van der Waals surface area contributed by atoms with Gasteiger partial charge in [0, 0.05) is 12.1 Å². The maximum absolute atomic E-state index is 14.6. The lowest BCUT2D eigenvalue weighted by Crippen LogP contribution is -2.06. The summed E-state index contributed by atoms with van der Waals surface area (Å²) in [4.78, 5) is 16.3. The minimum absolute atomic E-state index is 0.226. The highest BCUT2D eigenvalue weighted by atomic mass is 19.1. The molecule has 0 aliphatic rings. The molecule has 0 bridgehead atoms. The zero-order chi connectivity index (χ0) is 21.5. The zero-order valence-electron chi connectivity index (χ0n) is 17.3. The van der Waals surface area contributed by atoms with Gasteiger partial charge in [-0.1, -0.05) is 42.5 Å². The number of methoxy groups -OCH3 is 1. The largest absolute Gasteiger partial charge is 0.491 e. The molecule has 0 saturated heterocycles. The smallest absolute Gasteiger partial charge is 0.356 e. The minimum Gasteiger partial charge on any atom is -0.491 e. The fourth-order valence-electron chi connectivity index (χ4n) is 3.25. The van der Waals surface area contributed by atoms with Gasteiger partial charge in [-0.3, -0.25) is 0 Å². The molecule has 0 amide bonds. The summed E-state index contributed by atoms with van der Waals surface area (Å²) in [5.74, 6) is -0.679. The molecule has 154 valence electrons. The van der Waals surface area contributed by atoms with E-state index in [4.69, 9.17) is 9.47 Å². The van der Waals surface area contributed by atoms with Crippen molar-refractivity contribution in [3.63, 3.8) is 0 Å². The van der Waals surface area contributed by atoms with Crippen LogP contribution in [-0.4, -0.2) is 24.7 Å². The summed E-state index contributed by atoms with van der Waals surface area (Å²) >= 11 is 0. The van der Waals surface area contributed by atoms with Crippen molar-refractivity contribution < 1.29 is 18.7 Å². The summed E-state index contributed by atoms with van der Waals surface area (Å²) in [6.45, 7) is 4.22. The molecule has 0 saturated carbocycles. The van der Waals surface area contributed by atoms with Crippen LogP contribution in [0.1, 0.15) is 41.2 Å². The number of allylic oxidation sites excluding steroid dienone is 2. The molecule has 0 radical (unpaired) electrons. The van der Waals surface area contributed by atoms with Crippen LogP contribution in [0.15, 0.2) is 66.7 Å². The number of hydrogen-bond donors (Lipinski definition) is 0. The van der Waals surface area contributed by atoms with Gasteiger partial charge in [-0.15, -0.1) is 0 Å². The van der Waals surface area contributed by atoms with Crippen molar-refractivity contribution in [2.45, 2.75) is 20.3 Å². The van der Waals surface area contributed by atoms with Crippen LogP contribution in [0.25, 0.3) is 11.1 Å². The molecule has 2 aromatic carbocycles. The number of ether oxygens (including phenoxy) is 2. The van der Waals surface area contributed by atoms with Gasteiger partial charge in [0.1, 0.15) is 5.69 Å². The van der Waals surface area contributed by atoms with E-state index in [1.807, 2.05) is 56.3 Å². The van der Waals surface area contributed by atoms with Crippen molar-refractivity contribution in [3.8, 4) is 5.75 Å². The number of rotatable bonds is 7. The molecule has 30 heavy (non-hydrogen) atoms. The highest BCUT2D eigenvalue weighted by Crippen LogP contribution is 2.31. The third kappa shape index (κ3) is 4.92. The predicted octanol–water partition coefficient (Wildman–Crippen LogP) is 5.58. The molecule has 1 aromatic heterocycles. The van der Waals surface area contributed by atoms with E-state index in [1.54, 1.807) is 18.2 Å². The van der Waals surface area contributed by atoms with E-state index >= 15 is 0 Å². The Hall–Kier alpha value is -3.47. The van der Waals surface area contributed by atoms with Gasteiger partial charge in [0.25, 0.3) is 0 Å². The zero-order valence-corrected chi connectivity index (χ0v) is 17.3. The maximum Gasteiger partial charge on any atom is 0.356 e. The number of hydrogen-bond acceptors (Lipinski definition) is 4. The average molecular weight is 405 g/mol. The fourth-order valence-corrected chi connectivity index (χ4v) is 3.25. The Morgan fingerprint density at radius 1 is 1.00 bits per heavy atom. The van der Waals surface area contributed by atoms with Crippen molar-refractivity contribution in [3.05, 3.63) is 95.1 Å². The number of halogens is 1. The Labute approximate surface area is 176 Å². The molecule has 1 heterocycles. The Kier molecular flexibility index (Phi) is 6.96. The van der Waals surface area contributed by atoms with Crippen molar-refractivity contribution in [2.75, 3.05) is 13.7 Å². The van der Waals surface area contributed by atoms with Crippen LogP contribution >= 0.6 is 0 Å². The van der Waals surface area contributed by atoms with Gasteiger partial charge in [-0.25, -0.2) is 14.2 Å². The normalized spacial score (nSPS) is 11.6. The lowest BCUT2D eigenvalue weighted by atomic mass is 9.92. The van der Waals surface area contributed by atoms with Gasteiger partial charge in [-0.05, 0) is 60.4 Å². The molecule has 0 aliphatic carbocycles. The van der Waals surface area contributed by atoms with Crippen molar-refractivity contribution in [1.82, 2.24) is 4.98 Å². The standard InChI is InChI=1S/C25H24FNO3/c1-4-30-24-14-13-19(15-22(24)26)21(17(2)18-9-6-5-7-10-18)16-20-11-8-12-23(27-20)25(28)29-3/h5-15H,4,16H2,1-3H3/b21-17+. The summed E-state index contributed by atoms with van der Waals surface area (Å²) in [6, 6.07) is 20.1. The van der Waals surface area contributed by atoms with Gasteiger partial charge in [0.2, 0.25) is 0 Å². The molecule has 0 atom stereocenters. The summed E-state index contributed by atoms with van der Waals surface area (Å²) in [7, 11) is 1.32. The molecule has 3 aromatic rings. The molecule has 3 rings (SSSR count). The van der Waals surface area contributed by atoms with E-state index in [-0.39, 0.29) is 11.4 Å². The third-order valence-corrected chi connectivity index (χ3v) is 4.80. The number of esters is 1. The molecule has 0 unspecified atom stereocenters. The van der Waals surface area contributed by atoms with Crippen LogP contribution in [0.3, 0.4) is 0 Å². The topological polar surface area (TPSA) is 48.4 Å². The Morgan fingerprint density at radius 3 is 2.43 bits per heavy atom. The average Bonchev–Trinajstić information content (AvgIpc) is 2.78. The molecular weight excluding hydrogens is 381 g/mol. The number of nitrogens with zero attached hydrogens (tertiary/aromatic N) is 1. The number of pyridine rings is 1. The fraction of sp³-hybridized carbons (Fsp3) is 0.200. The monoisotopic (exact) mass is 405 g/mol. The Morgan fingerprint density at radius 2 is 1.77 bits per heavy atom. The summed E-state index contributed by atoms with van der Waals surface area (Å²) in [5.41, 5.74) is 4.62. The van der Waals surface area contributed by atoms with Crippen molar-refractivity contribution in [2.24, 2.45) is 0 Å². The second kappa shape index (κ2) is 9.83. The van der Waals surface area contributed by atoms with Crippen LogP contribution in [-0.2, 0) is 11.2 Å². The van der Waals surface area contributed by atoms with Crippen LogP contribution in [0.5, 0.6) is 5.75 Å². The number of benzene rings is 2. The van der Waals surface area contributed by atoms with Crippen LogP contribution in [0.4, 0.5) is 4.39 Å². The Balaban J connectivity index is 2.08. The molecule has 0 spiro atoms. The first-order valence-electron chi connectivity index (χ1n) is 9.75. The molecule has 0 aliphatic heterocycles. The lowest BCUT2D eigenvalue weighted by Gasteiger charge is -2.15. The molecule has 0 N–H and O–H groups in total. The third-order valence-electron chi connectivity index (χ3n) is 4.80. The summed E-state index contributed by atoms with van der Waals surface area (Å²) in [5, 5.41) is 0. The van der Waals surface area contributed by atoms with Gasteiger partial charge >= 0.3 is 5.97 Å². The van der Waals surface area contributed by atoms with E-state index in [0.717, 1.165) is 22.3 Å². The Bertz CT molecular complexity index is 1060. The van der Waals surface area contributed by atoms with Gasteiger partial charge in [-0.2, -0.15) is 0 Å². The van der Waals surface area contributed by atoms with E-state index in [9.17, 15) is 9.18 Å². The molecule has 0 fully saturated rings. The maximum atomic E-state index is 14.6. The second-order valence-electron chi connectivity index (χ2n) is 6.73. The molecule has 5 heteroatoms. The minimum atomic E-state index is -0.491. The lowest BCUT2D eigenvalue weighted by molar-refractivity contribution is 0.0593. The quantitative estimate of drug-likeness (QED) is 0.380.